The highest BCUT2D eigenvalue weighted by molar-refractivity contribution is 6.18. The Morgan fingerprint density at radius 1 is 1.16 bits per heavy atom. The fourth-order valence-corrected chi connectivity index (χ4v) is 3.48. The second-order valence-electron chi connectivity index (χ2n) is 5.37. The van der Waals surface area contributed by atoms with Crippen LogP contribution >= 0.6 is 11.6 Å². The van der Waals surface area contributed by atoms with Gasteiger partial charge in [-0.1, -0.05) is 30.7 Å². The van der Waals surface area contributed by atoms with Gasteiger partial charge in [-0.25, -0.2) is 4.98 Å². The van der Waals surface area contributed by atoms with Gasteiger partial charge in [-0.05, 0) is 36.1 Å². The number of alkyl halides is 1. The number of fused-ring (bicyclic) bond motifs is 1. The van der Waals surface area contributed by atoms with E-state index in [0.717, 1.165) is 18.2 Å². The lowest BCUT2D eigenvalue weighted by Gasteiger charge is -2.18. The molecule has 1 heterocycles. The van der Waals surface area contributed by atoms with E-state index in [2.05, 4.69) is 40.6 Å². The van der Waals surface area contributed by atoms with Crippen molar-refractivity contribution >= 4 is 28.2 Å². The standard InChI is InChI=1S/C16H19ClN2/c17-10-13-5-3-6-14(13)11-19-16-15-7-2-1-4-12(15)8-9-18-16/h1-2,4,7-9,13-14H,3,5-6,10-11H2,(H,18,19). The van der Waals surface area contributed by atoms with Gasteiger partial charge in [0.2, 0.25) is 0 Å². The predicted molar refractivity (Wildman–Crippen MR) is 81.8 cm³/mol. The van der Waals surface area contributed by atoms with Crippen LogP contribution in [0.25, 0.3) is 10.8 Å². The molecule has 1 N–H and O–H groups in total. The summed E-state index contributed by atoms with van der Waals surface area (Å²) in [4.78, 5) is 4.47. The van der Waals surface area contributed by atoms with Crippen LogP contribution < -0.4 is 5.32 Å². The summed E-state index contributed by atoms with van der Waals surface area (Å²) in [6, 6.07) is 10.4. The number of pyridine rings is 1. The number of nitrogens with one attached hydrogen (secondary N) is 1. The Balaban J connectivity index is 1.75. The minimum absolute atomic E-state index is 0.671. The summed E-state index contributed by atoms with van der Waals surface area (Å²) in [5.41, 5.74) is 0. The molecule has 2 aromatic rings. The van der Waals surface area contributed by atoms with Crippen LogP contribution in [0, 0.1) is 11.8 Å². The maximum absolute atomic E-state index is 6.04. The van der Waals surface area contributed by atoms with Crippen molar-refractivity contribution in [3.8, 4) is 0 Å². The Morgan fingerprint density at radius 2 is 2.00 bits per heavy atom. The first kappa shape index (κ1) is 12.7. The molecule has 2 atom stereocenters. The lowest BCUT2D eigenvalue weighted by Crippen LogP contribution is -2.19. The first-order chi connectivity index (χ1) is 9.38. The molecule has 1 aliphatic carbocycles. The Morgan fingerprint density at radius 3 is 2.89 bits per heavy atom. The first-order valence-corrected chi connectivity index (χ1v) is 7.55. The Labute approximate surface area is 119 Å². The van der Waals surface area contributed by atoms with Crippen LogP contribution in [0.5, 0.6) is 0 Å². The van der Waals surface area contributed by atoms with Crippen molar-refractivity contribution in [2.75, 3.05) is 17.7 Å². The molecule has 2 unspecified atom stereocenters. The number of aromatic nitrogens is 1. The van der Waals surface area contributed by atoms with Crippen LogP contribution in [0.3, 0.4) is 0 Å². The quantitative estimate of drug-likeness (QED) is 0.841. The fourth-order valence-electron chi connectivity index (χ4n) is 3.07. The second-order valence-corrected chi connectivity index (χ2v) is 5.68. The summed E-state index contributed by atoms with van der Waals surface area (Å²) in [6.45, 7) is 0.985. The van der Waals surface area contributed by atoms with Crippen LogP contribution in [-0.4, -0.2) is 17.4 Å². The predicted octanol–water partition coefficient (Wildman–Crippen LogP) is 4.30. The topological polar surface area (TPSA) is 24.9 Å². The summed E-state index contributed by atoms with van der Waals surface area (Å²) >= 11 is 6.04. The highest BCUT2D eigenvalue weighted by Gasteiger charge is 2.26. The van der Waals surface area contributed by atoms with E-state index in [1.807, 2.05) is 6.20 Å². The maximum Gasteiger partial charge on any atom is 0.133 e. The molecule has 100 valence electrons. The third-order valence-corrected chi connectivity index (χ3v) is 4.62. The van der Waals surface area contributed by atoms with Crippen molar-refractivity contribution < 1.29 is 0 Å². The summed E-state index contributed by atoms with van der Waals surface area (Å²) in [5, 5.41) is 5.96. The molecule has 0 bridgehead atoms. The number of hydrogen-bond donors (Lipinski definition) is 1. The zero-order chi connectivity index (χ0) is 13.1. The van der Waals surface area contributed by atoms with Gasteiger partial charge in [0.15, 0.2) is 0 Å². The number of hydrogen-bond acceptors (Lipinski definition) is 2. The third-order valence-electron chi connectivity index (χ3n) is 4.22. The third kappa shape index (κ3) is 2.69. The maximum atomic E-state index is 6.04. The molecule has 0 aliphatic heterocycles. The SMILES string of the molecule is ClCC1CCCC1CNc1nccc2ccccc12. The molecule has 0 spiro atoms. The highest BCUT2D eigenvalue weighted by atomic mass is 35.5. The van der Waals surface area contributed by atoms with Gasteiger partial charge in [-0.15, -0.1) is 11.6 Å². The number of nitrogens with zero attached hydrogens (tertiary/aromatic N) is 1. The van der Waals surface area contributed by atoms with Crippen LogP contribution in [0.2, 0.25) is 0 Å². The molecule has 3 heteroatoms. The van der Waals surface area contributed by atoms with Crippen molar-refractivity contribution in [2.24, 2.45) is 11.8 Å². The van der Waals surface area contributed by atoms with Crippen LogP contribution in [0.1, 0.15) is 19.3 Å². The minimum Gasteiger partial charge on any atom is -0.369 e. The molecule has 1 aromatic carbocycles. The molecular weight excluding hydrogens is 256 g/mol. The van der Waals surface area contributed by atoms with Crippen molar-refractivity contribution in [3.63, 3.8) is 0 Å². The van der Waals surface area contributed by atoms with E-state index in [4.69, 9.17) is 11.6 Å². The van der Waals surface area contributed by atoms with E-state index in [9.17, 15) is 0 Å². The van der Waals surface area contributed by atoms with Crippen LogP contribution in [-0.2, 0) is 0 Å². The molecule has 3 rings (SSSR count). The molecule has 19 heavy (non-hydrogen) atoms. The molecule has 1 saturated carbocycles. The number of benzene rings is 1. The van der Waals surface area contributed by atoms with Crippen LogP contribution in [0.4, 0.5) is 5.82 Å². The van der Waals surface area contributed by atoms with E-state index in [-0.39, 0.29) is 0 Å². The second kappa shape index (κ2) is 5.79. The largest absolute Gasteiger partial charge is 0.369 e. The van der Waals surface area contributed by atoms with Crippen molar-refractivity contribution in [1.82, 2.24) is 4.98 Å². The normalized spacial score (nSPS) is 22.8. The molecule has 0 saturated heterocycles. The molecule has 1 fully saturated rings. The smallest absolute Gasteiger partial charge is 0.133 e. The summed E-state index contributed by atoms with van der Waals surface area (Å²) < 4.78 is 0. The number of halogens is 1. The average molecular weight is 275 g/mol. The molecule has 1 aromatic heterocycles. The van der Waals surface area contributed by atoms with E-state index >= 15 is 0 Å². The van der Waals surface area contributed by atoms with Crippen molar-refractivity contribution in [1.29, 1.82) is 0 Å². The molecule has 1 aliphatic rings. The zero-order valence-electron chi connectivity index (χ0n) is 11.0. The van der Waals surface area contributed by atoms with Gasteiger partial charge >= 0.3 is 0 Å². The van der Waals surface area contributed by atoms with E-state index in [1.165, 1.54) is 30.0 Å². The average Bonchev–Trinajstić information content (AvgIpc) is 2.92. The lowest BCUT2D eigenvalue weighted by molar-refractivity contribution is 0.444. The van der Waals surface area contributed by atoms with Gasteiger partial charge in [0.05, 0.1) is 0 Å². The van der Waals surface area contributed by atoms with Gasteiger partial charge in [-0.2, -0.15) is 0 Å². The van der Waals surface area contributed by atoms with Crippen molar-refractivity contribution in [2.45, 2.75) is 19.3 Å². The van der Waals surface area contributed by atoms with Gasteiger partial charge in [-0.3, -0.25) is 0 Å². The van der Waals surface area contributed by atoms with Gasteiger partial charge < -0.3 is 5.32 Å². The number of anilines is 1. The molecule has 2 nitrogen and oxygen atoms in total. The molecule has 0 radical (unpaired) electrons. The van der Waals surface area contributed by atoms with Gasteiger partial charge in [0.25, 0.3) is 0 Å². The Bertz CT molecular complexity index is 550. The fraction of sp³-hybridized carbons (Fsp3) is 0.438. The van der Waals surface area contributed by atoms with E-state index in [0.29, 0.717) is 11.8 Å². The first-order valence-electron chi connectivity index (χ1n) is 7.02. The van der Waals surface area contributed by atoms with Gasteiger partial charge in [0.1, 0.15) is 5.82 Å². The zero-order valence-corrected chi connectivity index (χ0v) is 11.7. The lowest BCUT2D eigenvalue weighted by atomic mass is 9.98. The van der Waals surface area contributed by atoms with Gasteiger partial charge in [0, 0.05) is 24.0 Å². The highest BCUT2D eigenvalue weighted by Crippen LogP contribution is 2.33. The van der Waals surface area contributed by atoms with E-state index < -0.39 is 0 Å². The number of rotatable bonds is 4. The minimum atomic E-state index is 0.671. The Hall–Kier alpha value is -1.28. The van der Waals surface area contributed by atoms with Crippen LogP contribution in [0.15, 0.2) is 36.5 Å². The Kier molecular flexibility index (Phi) is 3.88. The molecule has 0 amide bonds. The summed E-state index contributed by atoms with van der Waals surface area (Å²) in [7, 11) is 0. The van der Waals surface area contributed by atoms with E-state index in [1.54, 1.807) is 0 Å². The molecular formula is C16H19ClN2. The monoisotopic (exact) mass is 274 g/mol. The summed E-state index contributed by atoms with van der Waals surface area (Å²) in [5.74, 6) is 3.15. The summed E-state index contributed by atoms with van der Waals surface area (Å²) in [6.07, 6.45) is 5.75. The van der Waals surface area contributed by atoms with Crippen molar-refractivity contribution in [3.05, 3.63) is 36.5 Å².